The van der Waals surface area contributed by atoms with Crippen LogP contribution in [0.15, 0.2) is 27.8 Å². The predicted molar refractivity (Wildman–Crippen MR) is 129 cm³/mol. The molecule has 0 aliphatic carbocycles. The molecule has 2 atom stereocenters. The highest BCUT2D eigenvalue weighted by molar-refractivity contribution is 5.61. The summed E-state index contributed by atoms with van der Waals surface area (Å²) in [4.78, 5) is 23.0. The van der Waals surface area contributed by atoms with Crippen molar-refractivity contribution in [3.63, 3.8) is 0 Å². The van der Waals surface area contributed by atoms with Crippen molar-refractivity contribution in [2.45, 2.75) is 45.6 Å². The molecule has 0 spiro atoms. The Balaban J connectivity index is 1.92. The minimum Gasteiger partial charge on any atom is -0.493 e. The van der Waals surface area contributed by atoms with Crippen LogP contribution in [0.1, 0.15) is 38.7 Å². The third-order valence-electron chi connectivity index (χ3n) is 5.87. The lowest BCUT2D eigenvalue weighted by atomic mass is 9.85. The third kappa shape index (κ3) is 7.47. The SMILES string of the molecule is COCCCOc1cc(CC(CCC(O)CNc2c(OC)c(=O)c2=O)C(C)C)ccc1OC. The van der Waals surface area contributed by atoms with E-state index in [-0.39, 0.29) is 18.0 Å². The molecule has 2 rings (SSSR count). The number of methoxy groups -OCH3 is 3. The first-order valence-corrected chi connectivity index (χ1v) is 11.4. The van der Waals surface area contributed by atoms with Crippen molar-refractivity contribution in [1.82, 2.24) is 0 Å². The van der Waals surface area contributed by atoms with Crippen LogP contribution in [0.3, 0.4) is 0 Å². The topological polar surface area (TPSA) is 103 Å². The summed E-state index contributed by atoms with van der Waals surface area (Å²) in [5.74, 6) is 2.24. The monoisotopic (exact) mass is 463 g/mol. The van der Waals surface area contributed by atoms with Gasteiger partial charge in [0.15, 0.2) is 17.2 Å². The first-order valence-electron chi connectivity index (χ1n) is 11.4. The van der Waals surface area contributed by atoms with Gasteiger partial charge in [0.2, 0.25) is 0 Å². The van der Waals surface area contributed by atoms with E-state index in [2.05, 4.69) is 19.2 Å². The quantitative estimate of drug-likeness (QED) is 0.289. The van der Waals surface area contributed by atoms with Crippen molar-refractivity contribution >= 4 is 5.69 Å². The average Bonchev–Trinajstić information content (AvgIpc) is 2.81. The number of nitrogens with one attached hydrogen (secondary N) is 1. The fourth-order valence-corrected chi connectivity index (χ4v) is 3.77. The summed E-state index contributed by atoms with van der Waals surface area (Å²) in [6.07, 6.45) is 2.40. The van der Waals surface area contributed by atoms with Crippen LogP contribution in [0.25, 0.3) is 0 Å². The highest BCUT2D eigenvalue weighted by atomic mass is 16.5. The van der Waals surface area contributed by atoms with E-state index in [1.165, 1.54) is 7.11 Å². The maximum Gasteiger partial charge on any atom is 0.271 e. The molecule has 0 bridgehead atoms. The van der Waals surface area contributed by atoms with Crippen molar-refractivity contribution in [2.24, 2.45) is 11.8 Å². The van der Waals surface area contributed by atoms with Crippen molar-refractivity contribution in [3.8, 4) is 17.2 Å². The van der Waals surface area contributed by atoms with Gasteiger partial charge in [0, 0.05) is 26.7 Å². The molecule has 0 aliphatic heterocycles. The molecule has 0 saturated heterocycles. The highest BCUT2D eigenvalue weighted by Gasteiger charge is 2.23. The molecule has 8 heteroatoms. The second-order valence-corrected chi connectivity index (χ2v) is 8.57. The van der Waals surface area contributed by atoms with Crippen molar-refractivity contribution < 1.29 is 24.1 Å². The molecule has 0 aromatic heterocycles. The second-order valence-electron chi connectivity index (χ2n) is 8.57. The molecule has 0 fully saturated rings. The molecule has 2 N–H and O–H groups in total. The minimum absolute atomic E-state index is 0.0343. The lowest BCUT2D eigenvalue weighted by molar-refractivity contribution is 0.160. The Bertz CT molecular complexity index is 933. The van der Waals surface area contributed by atoms with Gasteiger partial charge in [0.25, 0.3) is 10.9 Å². The van der Waals surface area contributed by atoms with E-state index in [9.17, 15) is 14.7 Å². The minimum atomic E-state index is -0.643. The van der Waals surface area contributed by atoms with E-state index >= 15 is 0 Å². The Hall–Kier alpha value is -2.58. The van der Waals surface area contributed by atoms with E-state index in [1.807, 2.05) is 18.2 Å². The van der Waals surface area contributed by atoms with Gasteiger partial charge in [-0.25, -0.2) is 0 Å². The number of hydrogen-bond acceptors (Lipinski definition) is 8. The fraction of sp³-hybridized carbons (Fsp3) is 0.600. The van der Waals surface area contributed by atoms with Gasteiger partial charge in [-0.15, -0.1) is 0 Å². The third-order valence-corrected chi connectivity index (χ3v) is 5.87. The maximum atomic E-state index is 11.6. The Morgan fingerprint density at radius 1 is 0.970 bits per heavy atom. The lowest BCUT2D eigenvalue weighted by Gasteiger charge is -2.23. The number of aliphatic hydroxyl groups excluding tert-OH is 1. The van der Waals surface area contributed by atoms with Gasteiger partial charge in [-0.2, -0.15) is 0 Å². The number of ether oxygens (including phenoxy) is 4. The summed E-state index contributed by atoms with van der Waals surface area (Å²) >= 11 is 0. The van der Waals surface area contributed by atoms with Gasteiger partial charge in [-0.1, -0.05) is 19.9 Å². The fourth-order valence-electron chi connectivity index (χ4n) is 3.77. The van der Waals surface area contributed by atoms with Crippen molar-refractivity contribution in [3.05, 3.63) is 44.2 Å². The van der Waals surface area contributed by atoms with E-state index < -0.39 is 17.0 Å². The molecule has 0 aliphatic rings. The van der Waals surface area contributed by atoms with Crippen LogP contribution in [-0.2, 0) is 11.2 Å². The predicted octanol–water partition coefficient (Wildman–Crippen LogP) is 2.78. The second kappa shape index (κ2) is 13.2. The number of anilines is 1. The van der Waals surface area contributed by atoms with Gasteiger partial charge < -0.3 is 29.4 Å². The molecule has 0 radical (unpaired) electrons. The lowest BCUT2D eigenvalue weighted by Crippen LogP contribution is -2.37. The first kappa shape index (κ1) is 26.7. The van der Waals surface area contributed by atoms with Crippen LogP contribution in [0, 0.1) is 11.8 Å². The van der Waals surface area contributed by atoms with Crippen LogP contribution >= 0.6 is 0 Å². The molecule has 0 heterocycles. The molecular formula is C25H37NO7. The van der Waals surface area contributed by atoms with E-state index in [0.29, 0.717) is 37.2 Å². The number of benzene rings is 1. The Morgan fingerprint density at radius 3 is 2.36 bits per heavy atom. The van der Waals surface area contributed by atoms with Crippen molar-refractivity contribution in [2.75, 3.05) is 46.4 Å². The summed E-state index contributed by atoms with van der Waals surface area (Å²) in [5, 5.41) is 13.3. The molecule has 184 valence electrons. The molecule has 2 aromatic carbocycles. The van der Waals surface area contributed by atoms with E-state index in [4.69, 9.17) is 18.9 Å². The van der Waals surface area contributed by atoms with Crippen LogP contribution in [0.4, 0.5) is 5.69 Å². The Kier molecular flexibility index (Phi) is 10.7. The van der Waals surface area contributed by atoms with Crippen LogP contribution in [0.5, 0.6) is 17.2 Å². The van der Waals surface area contributed by atoms with Gasteiger partial charge in [-0.05, 0) is 48.8 Å². The number of rotatable bonds is 16. The van der Waals surface area contributed by atoms with Gasteiger partial charge >= 0.3 is 0 Å². The molecule has 2 unspecified atom stereocenters. The smallest absolute Gasteiger partial charge is 0.271 e. The number of hydrogen-bond donors (Lipinski definition) is 2. The molecule has 0 amide bonds. The highest BCUT2D eigenvalue weighted by Crippen LogP contribution is 2.31. The van der Waals surface area contributed by atoms with Crippen LogP contribution in [-0.4, -0.2) is 52.3 Å². The summed E-state index contributed by atoms with van der Waals surface area (Å²) in [7, 11) is 4.64. The summed E-state index contributed by atoms with van der Waals surface area (Å²) in [6.45, 7) is 5.73. The van der Waals surface area contributed by atoms with Crippen LogP contribution in [0.2, 0.25) is 0 Å². The van der Waals surface area contributed by atoms with E-state index in [1.54, 1.807) is 14.2 Å². The zero-order valence-corrected chi connectivity index (χ0v) is 20.3. The Labute approximate surface area is 195 Å². The molecule has 33 heavy (non-hydrogen) atoms. The van der Waals surface area contributed by atoms with Gasteiger partial charge in [0.05, 0.1) is 26.9 Å². The standard InChI is InChI=1S/C25H37NO7/c1-16(2)18(8-9-19(27)15-26-22-23(28)24(29)25(22)32-5)13-17-7-10-20(31-4)21(14-17)33-12-6-11-30-3/h7,10,14,16,18-19,26-27H,6,8-9,11-13,15H2,1-5H3. The molecule has 8 nitrogen and oxygen atoms in total. The van der Waals surface area contributed by atoms with Gasteiger partial charge in [-0.3, -0.25) is 9.59 Å². The molecular weight excluding hydrogens is 426 g/mol. The average molecular weight is 464 g/mol. The normalized spacial score (nSPS) is 13.2. The maximum absolute atomic E-state index is 11.6. The largest absolute Gasteiger partial charge is 0.493 e. The number of aliphatic hydroxyl groups is 1. The summed E-state index contributed by atoms with van der Waals surface area (Å²) in [5.41, 5.74) is 0.0744. The van der Waals surface area contributed by atoms with Crippen LogP contribution < -0.4 is 30.4 Å². The van der Waals surface area contributed by atoms with Crippen molar-refractivity contribution in [1.29, 1.82) is 0 Å². The van der Waals surface area contributed by atoms with E-state index in [0.717, 1.165) is 30.6 Å². The first-order chi connectivity index (χ1) is 15.8. The molecule has 2 aromatic rings. The Morgan fingerprint density at radius 2 is 1.73 bits per heavy atom. The zero-order chi connectivity index (χ0) is 24.4. The van der Waals surface area contributed by atoms with Gasteiger partial charge in [0.1, 0.15) is 5.69 Å². The summed E-state index contributed by atoms with van der Waals surface area (Å²) < 4.78 is 21.3. The summed E-state index contributed by atoms with van der Waals surface area (Å²) in [6, 6.07) is 6.00. The molecule has 0 saturated carbocycles. The zero-order valence-electron chi connectivity index (χ0n) is 20.3.